The number of allylic oxidation sites excluding steroid dienone is 9. The third-order valence-electron chi connectivity index (χ3n) is 14.7. The van der Waals surface area contributed by atoms with Crippen LogP contribution in [-0.2, 0) is 18.4 Å². The Kier molecular flexibility index (Phi) is 56.5. The zero-order valence-corrected chi connectivity index (χ0v) is 51.9. The van der Waals surface area contributed by atoms with Crippen molar-refractivity contribution >= 4 is 13.7 Å². The number of carbonyl (C=O) groups excluding carboxylic acids is 1. The van der Waals surface area contributed by atoms with Gasteiger partial charge in [-0.15, -0.1) is 0 Å². The van der Waals surface area contributed by atoms with Gasteiger partial charge < -0.3 is 28.8 Å². The lowest BCUT2D eigenvalue weighted by atomic mass is 10.0. The Morgan fingerprint density at radius 1 is 0.461 bits per heavy atom. The molecular weight excluding hydrogens is 960 g/mol. The molecule has 0 aromatic carbocycles. The van der Waals surface area contributed by atoms with Gasteiger partial charge in [0.25, 0.3) is 7.82 Å². The average Bonchev–Trinajstić information content (AvgIpc) is 3.38. The first kappa shape index (κ1) is 74.2. The van der Waals surface area contributed by atoms with Crippen LogP contribution in [0.2, 0.25) is 0 Å². The van der Waals surface area contributed by atoms with Crippen molar-refractivity contribution < 1.29 is 32.9 Å². The fraction of sp³-hybridized carbons (Fsp3) is 0.836. The maximum Gasteiger partial charge on any atom is 0.268 e. The number of hydrogen-bond donors (Lipinski definition) is 2. The summed E-state index contributed by atoms with van der Waals surface area (Å²) in [6.07, 6.45) is 79.2. The van der Waals surface area contributed by atoms with Crippen molar-refractivity contribution in [2.24, 2.45) is 0 Å². The zero-order valence-electron chi connectivity index (χ0n) is 51.0. The minimum Gasteiger partial charge on any atom is -0.756 e. The molecule has 0 aliphatic rings. The molecule has 1 amide bonds. The summed E-state index contributed by atoms with van der Waals surface area (Å²) in [6.45, 7) is 4.61. The Hall–Kier alpha value is -1.80. The summed E-state index contributed by atoms with van der Waals surface area (Å²) in [4.78, 5) is 25.5. The van der Waals surface area contributed by atoms with Crippen molar-refractivity contribution in [2.75, 3.05) is 40.9 Å². The fourth-order valence-corrected chi connectivity index (χ4v) is 10.3. The Morgan fingerprint density at radius 3 is 1.14 bits per heavy atom. The Morgan fingerprint density at radius 2 is 0.776 bits per heavy atom. The van der Waals surface area contributed by atoms with Crippen molar-refractivity contribution in [3.8, 4) is 0 Å². The molecule has 0 saturated carbocycles. The topological polar surface area (TPSA) is 108 Å². The van der Waals surface area contributed by atoms with Crippen molar-refractivity contribution in [3.05, 3.63) is 60.8 Å². The van der Waals surface area contributed by atoms with Crippen molar-refractivity contribution in [3.63, 3.8) is 0 Å². The second-order valence-electron chi connectivity index (χ2n) is 23.4. The third-order valence-corrected chi connectivity index (χ3v) is 15.6. The zero-order chi connectivity index (χ0) is 55.6. The SMILES string of the molecule is CCCCCCC/C=C\C/C=C\CCCCCCCCCCCCCCCCCCCCCCCCCCCCCC(=O)NC(COP(=O)([O-])OCC[N+](C)(C)C)C(O)/C=C/CC/C=C/CC/C=C/CCCCCCC. The van der Waals surface area contributed by atoms with Crippen LogP contribution in [0.3, 0.4) is 0 Å². The van der Waals surface area contributed by atoms with E-state index in [1.165, 1.54) is 238 Å². The highest BCUT2D eigenvalue weighted by molar-refractivity contribution is 7.45. The van der Waals surface area contributed by atoms with Crippen molar-refractivity contribution in [2.45, 2.75) is 321 Å². The van der Waals surface area contributed by atoms with Gasteiger partial charge in [-0.3, -0.25) is 9.36 Å². The Bertz CT molecular complexity index is 1420. The normalized spacial score (nSPS) is 14.1. The minimum atomic E-state index is -4.61. The van der Waals surface area contributed by atoms with E-state index in [4.69, 9.17) is 9.05 Å². The van der Waals surface area contributed by atoms with Crippen LogP contribution in [0, 0.1) is 0 Å². The van der Waals surface area contributed by atoms with E-state index in [-0.39, 0.29) is 12.5 Å². The number of rotatable bonds is 60. The fourth-order valence-electron chi connectivity index (χ4n) is 9.57. The number of phosphoric acid groups is 1. The summed E-state index contributed by atoms with van der Waals surface area (Å²) >= 11 is 0. The van der Waals surface area contributed by atoms with E-state index in [0.29, 0.717) is 17.4 Å². The predicted molar refractivity (Wildman–Crippen MR) is 330 cm³/mol. The predicted octanol–water partition coefficient (Wildman–Crippen LogP) is 19.8. The second kappa shape index (κ2) is 57.9. The highest BCUT2D eigenvalue weighted by Crippen LogP contribution is 2.38. The number of aliphatic hydroxyl groups excluding tert-OH is 1. The lowest BCUT2D eigenvalue weighted by Gasteiger charge is -2.29. The average molecular weight is 1090 g/mol. The number of hydrogen-bond acceptors (Lipinski definition) is 6. The molecule has 0 saturated heterocycles. The van der Waals surface area contributed by atoms with Gasteiger partial charge in [-0.25, -0.2) is 0 Å². The summed E-state index contributed by atoms with van der Waals surface area (Å²) in [5.74, 6) is -0.208. The van der Waals surface area contributed by atoms with Crippen LogP contribution in [0.5, 0.6) is 0 Å². The molecule has 0 fully saturated rings. The van der Waals surface area contributed by atoms with E-state index in [9.17, 15) is 19.4 Å². The van der Waals surface area contributed by atoms with Crippen molar-refractivity contribution in [1.82, 2.24) is 5.32 Å². The molecule has 3 unspecified atom stereocenters. The molecule has 9 heteroatoms. The van der Waals surface area contributed by atoms with E-state index in [1.807, 2.05) is 27.2 Å². The van der Waals surface area contributed by atoms with Gasteiger partial charge in [-0.1, -0.05) is 286 Å². The smallest absolute Gasteiger partial charge is 0.268 e. The van der Waals surface area contributed by atoms with E-state index >= 15 is 0 Å². The molecule has 0 aliphatic heterocycles. The molecule has 446 valence electrons. The van der Waals surface area contributed by atoms with Gasteiger partial charge in [0.05, 0.1) is 39.9 Å². The first-order valence-corrected chi connectivity index (χ1v) is 34.1. The molecule has 0 radical (unpaired) electrons. The summed E-state index contributed by atoms with van der Waals surface area (Å²) in [6, 6.07) is -0.909. The van der Waals surface area contributed by atoms with Crippen LogP contribution >= 0.6 is 7.82 Å². The van der Waals surface area contributed by atoms with Crippen LogP contribution in [-0.4, -0.2) is 68.5 Å². The van der Waals surface area contributed by atoms with Crippen molar-refractivity contribution in [1.29, 1.82) is 0 Å². The van der Waals surface area contributed by atoms with Gasteiger partial charge in [0.1, 0.15) is 13.2 Å². The third kappa shape index (κ3) is 59.9. The van der Waals surface area contributed by atoms with Gasteiger partial charge in [-0.2, -0.15) is 0 Å². The van der Waals surface area contributed by atoms with Crippen LogP contribution < -0.4 is 10.2 Å². The molecule has 0 aromatic heterocycles. The number of aliphatic hydroxyl groups is 1. The number of likely N-dealkylation sites (N-methyl/N-ethyl adjacent to an activating group) is 1. The minimum absolute atomic E-state index is 0.00872. The number of unbranched alkanes of at least 4 members (excludes halogenated alkanes) is 39. The second-order valence-corrected chi connectivity index (χ2v) is 24.9. The summed E-state index contributed by atoms with van der Waals surface area (Å²) < 4.78 is 23.3. The van der Waals surface area contributed by atoms with E-state index in [2.05, 4.69) is 67.8 Å². The number of nitrogens with one attached hydrogen (secondary N) is 1. The molecule has 76 heavy (non-hydrogen) atoms. The van der Waals surface area contributed by atoms with Crippen LogP contribution in [0.25, 0.3) is 0 Å². The van der Waals surface area contributed by atoms with Crippen LogP contribution in [0.4, 0.5) is 0 Å². The number of nitrogens with zero attached hydrogens (tertiary/aromatic N) is 1. The largest absolute Gasteiger partial charge is 0.756 e. The van der Waals surface area contributed by atoms with E-state index in [0.717, 1.165) is 51.4 Å². The Balaban J connectivity index is 3.92. The maximum absolute atomic E-state index is 13.0. The maximum atomic E-state index is 13.0. The summed E-state index contributed by atoms with van der Waals surface area (Å²) in [5, 5.41) is 13.9. The van der Waals surface area contributed by atoms with Gasteiger partial charge >= 0.3 is 0 Å². The molecular formula is C67H127N2O6P. The number of phosphoric ester groups is 1. The molecule has 2 N–H and O–H groups in total. The molecule has 0 aromatic rings. The molecule has 0 aliphatic carbocycles. The summed E-state index contributed by atoms with van der Waals surface area (Å²) in [5.41, 5.74) is 0. The monoisotopic (exact) mass is 1090 g/mol. The van der Waals surface area contributed by atoms with Gasteiger partial charge in [0.2, 0.25) is 5.91 Å². The van der Waals surface area contributed by atoms with E-state index < -0.39 is 26.6 Å². The van der Waals surface area contributed by atoms with Gasteiger partial charge in [-0.05, 0) is 77.0 Å². The first-order chi connectivity index (χ1) is 37.0. The lowest BCUT2D eigenvalue weighted by molar-refractivity contribution is -0.870. The standard InChI is InChI=1S/C67H127N2O6P/c1-6-8-10-12-14-16-18-20-22-23-24-25-26-27-28-29-30-31-32-33-34-35-36-37-38-39-40-41-42-43-44-45-47-49-51-53-55-57-59-61-67(71)68-65(64-75-76(72,73)74-63-62-69(3,4)5)66(70)60-58-56-54-52-50-48-46-21-19-17-15-13-11-9-7-2/h18-21,23-24,50,52,58,60,65-66,70H,6-17,22,25-49,51,53-57,59,61-64H2,1-5H3,(H-,68,71,72,73)/b20-18-,21-19+,24-23-,52-50+,60-58+. The van der Waals surface area contributed by atoms with Crippen LogP contribution in [0.15, 0.2) is 60.8 Å². The number of quaternary nitrogens is 1. The van der Waals surface area contributed by atoms with Gasteiger partial charge in [0, 0.05) is 6.42 Å². The Labute approximate surface area is 472 Å². The quantitative estimate of drug-likeness (QED) is 0.0272. The molecule has 3 atom stereocenters. The molecule has 8 nitrogen and oxygen atoms in total. The number of carbonyl (C=O) groups is 1. The lowest BCUT2D eigenvalue weighted by Crippen LogP contribution is -2.45. The van der Waals surface area contributed by atoms with Crippen LogP contribution in [0.1, 0.15) is 309 Å². The van der Waals surface area contributed by atoms with Gasteiger partial charge in [0.15, 0.2) is 0 Å². The first-order valence-electron chi connectivity index (χ1n) is 32.7. The highest BCUT2D eigenvalue weighted by atomic mass is 31.2. The summed E-state index contributed by atoms with van der Waals surface area (Å²) in [7, 11) is 1.24. The molecule has 0 heterocycles. The molecule has 0 rings (SSSR count). The number of amides is 1. The molecule has 0 spiro atoms. The molecule has 0 bridgehead atoms. The highest BCUT2D eigenvalue weighted by Gasteiger charge is 2.23. The van der Waals surface area contributed by atoms with E-state index in [1.54, 1.807) is 6.08 Å².